The molecule has 98 valence electrons. The first kappa shape index (κ1) is 12.6. The van der Waals surface area contributed by atoms with Crippen LogP contribution in [0.25, 0.3) is 0 Å². The minimum Gasteiger partial charge on any atom is -0.358 e. The van der Waals surface area contributed by atoms with E-state index in [1.807, 2.05) is 7.05 Å². The second-order valence-electron chi connectivity index (χ2n) is 4.42. The number of likely N-dealkylation sites (tertiary alicyclic amines) is 1. The van der Waals surface area contributed by atoms with Gasteiger partial charge < -0.3 is 20.3 Å². The molecule has 1 atom stereocenters. The molecule has 7 nitrogen and oxygen atoms in total. The van der Waals surface area contributed by atoms with Crippen molar-refractivity contribution >= 4 is 11.7 Å². The van der Waals surface area contributed by atoms with Gasteiger partial charge in [0.1, 0.15) is 0 Å². The quantitative estimate of drug-likeness (QED) is 0.622. The molecular weight excluding hydrogens is 236 g/mol. The number of hydrogen-bond donors (Lipinski definition) is 1. The van der Waals surface area contributed by atoms with Crippen molar-refractivity contribution in [3.63, 3.8) is 0 Å². The van der Waals surface area contributed by atoms with Gasteiger partial charge in [-0.05, 0) is 24.5 Å². The van der Waals surface area contributed by atoms with Crippen LogP contribution in [0.1, 0.15) is 16.9 Å². The second kappa shape index (κ2) is 4.77. The summed E-state index contributed by atoms with van der Waals surface area (Å²) in [4.78, 5) is 24.2. The van der Waals surface area contributed by atoms with Crippen molar-refractivity contribution in [2.24, 2.45) is 7.05 Å². The smallest absolute Gasteiger partial charge is 0.323 e. The van der Waals surface area contributed by atoms with Gasteiger partial charge >= 0.3 is 5.82 Å². The van der Waals surface area contributed by atoms with Crippen molar-refractivity contribution in [3.05, 3.63) is 27.9 Å². The number of nitrogens with one attached hydrogen (secondary N) is 1. The van der Waals surface area contributed by atoms with Gasteiger partial charge in [0.05, 0.1) is 7.05 Å². The summed E-state index contributed by atoms with van der Waals surface area (Å²) in [7, 11) is 3.41. The number of nitro groups is 1. The molecule has 1 N–H and O–H groups in total. The number of hydrogen-bond acceptors (Lipinski definition) is 4. The van der Waals surface area contributed by atoms with Gasteiger partial charge in [-0.25, -0.2) is 4.57 Å². The third-order valence-electron chi connectivity index (χ3n) is 3.39. The predicted molar refractivity (Wildman–Crippen MR) is 65.4 cm³/mol. The van der Waals surface area contributed by atoms with Gasteiger partial charge in [0.25, 0.3) is 5.91 Å². The Hall–Kier alpha value is -1.89. The number of nitrogens with zero attached hydrogens (tertiary/aromatic N) is 3. The van der Waals surface area contributed by atoms with Crippen molar-refractivity contribution in [1.82, 2.24) is 14.8 Å². The lowest BCUT2D eigenvalue weighted by Crippen LogP contribution is -2.34. The average molecular weight is 252 g/mol. The maximum absolute atomic E-state index is 12.2. The van der Waals surface area contributed by atoms with Gasteiger partial charge in [0.15, 0.2) is 5.69 Å². The molecule has 0 bridgehead atoms. The van der Waals surface area contributed by atoms with Crippen LogP contribution in [0, 0.1) is 10.1 Å². The largest absolute Gasteiger partial charge is 0.358 e. The molecule has 0 aromatic carbocycles. The highest BCUT2D eigenvalue weighted by atomic mass is 16.6. The van der Waals surface area contributed by atoms with Crippen LogP contribution in [0.3, 0.4) is 0 Å². The van der Waals surface area contributed by atoms with Crippen LogP contribution in [-0.4, -0.2) is 46.5 Å². The molecule has 1 aromatic rings. The number of aromatic nitrogens is 1. The van der Waals surface area contributed by atoms with Gasteiger partial charge in [0.2, 0.25) is 0 Å². The van der Waals surface area contributed by atoms with Crippen LogP contribution in [0.15, 0.2) is 12.1 Å². The van der Waals surface area contributed by atoms with Crippen LogP contribution in [0.5, 0.6) is 0 Å². The summed E-state index contributed by atoms with van der Waals surface area (Å²) in [5.74, 6) is -0.217. The monoisotopic (exact) mass is 252 g/mol. The fourth-order valence-electron chi connectivity index (χ4n) is 2.24. The topological polar surface area (TPSA) is 80.4 Å². The summed E-state index contributed by atoms with van der Waals surface area (Å²) in [5, 5.41) is 13.9. The lowest BCUT2D eigenvalue weighted by Gasteiger charge is -2.15. The molecule has 0 spiro atoms. The molecule has 1 aliphatic heterocycles. The number of amides is 1. The standard InChI is InChI=1S/C11H16N4O3/c1-12-8-5-6-14(7-8)11(16)9-3-4-10(13(9)2)15(17)18/h3-4,8,12H,5-7H2,1-2H3. The number of carbonyl (C=O) groups is 1. The molecule has 1 fully saturated rings. The van der Waals surface area contributed by atoms with Gasteiger partial charge in [-0.2, -0.15) is 0 Å². The Labute approximate surface area is 105 Å². The number of likely N-dealkylation sites (N-methyl/N-ethyl adjacent to an activating group) is 1. The molecule has 7 heteroatoms. The van der Waals surface area contributed by atoms with E-state index in [1.54, 1.807) is 4.90 Å². The van der Waals surface area contributed by atoms with Crippen molar-refractivity contribution in [3.8, 4) is 0 Å². The fraction of sp³-hybridized carbons (Fsp3) is 0.545. The third kappa shape index (κ3) is 2.08. The molecule has 0 saturated carbocycles. The maximum atomic E-state index is 12.2. The lowest BCUT2D eigenvalue weighted by atomic mass is 10.3. The van der Waals surface area contributed by atoms with Crippen molar-refractivity contribution < 1.29 is 9.72 Å². The molecule has 1 saturated heterocycles. The van der Waals surface area contributed by atoms with Gasteiger partial charge in [-0.3, -0.25) is 4.79 Å². The zero-order chi connectivity index (χ0) is 13.3. The first-order valence-electron chi connectivity index (χ1n) is 5.81. The molecule has 1 amide bonds. The van der Waals surface area contributed by atoms with Crippen LogP contribution >= 0.6 is 0 Å². The zero-order valence-corrected chi connectivity index (χ0v) is 10.4. The number of rotatable bonds is 3. The summed E-state index contributed by atoms with van der Waals surface area (Å²) in [6, 6.07) is 3.18. The molecule has 2 rings (SSSR count). The molecule has 1 unspecified atom stereocenters. The predicted octanol–water partition coefficient (Wildman–Crippen LogP) is 0.367. The van der Waals surface area contributed by atoms with E-state index in [-0.39, 0.29) is 11.7 Å². The molecule has 18 heavy (non-hydrogen) atoms. The van der Waals surface area contributed by atoms with E-state index in [2.05, 4.69) is 5.32 Å². The van der Waals surface area contributed by atoms with Crippen LogP contribution < -0.4 is 5.32 Å². The van der Waals surface area contributed by atoms with Crippen LogP contribution in [0.2, 0.25) is 0 Å². The molecule has 0 aliphatic carbocycles. The summed E-state index contributed by atoms with van der Waals surface area (Å²) in [6.45, 7) is 1.33. The highest BCUT2D eigenvalue weighted by Crippen LogP contribution is 2.19. The van der Waals surface area contributed by atoms with Crippen LogP contribution in [-0.2, 0) is 7.05 Å². The van der Waals surface area contributed by atoms with E-state index < -0.39 is 4.92 Å². The molecule has 2 heterocycles. The van der Waals surface area contributed by atoms with E-state index in [9.17, 15) is 14.9 Å². The second-order valence-corrected chi connectivity index (χ2v) is 4.42. The third-order valence-corrected chi connectivity index (χ3v) is 3.39. The van der Waals surface area contributed by atoms with E-state index in [0.29, 0.717) is 24.8 Å². The summed E-state index contributed by atoms with van der Waals surface area (Å²) in [5.41, 5.74) is 0.360. The summed E-state index contributed by atoms with van der Waals surface area (Å²) >= 11 is 0. The SMILES string of the molecule is CNC1CCN(C(=O)c2ccc([N+](=O)[O-])n2C)C1. The first-order valence-corrected chi connectivity index (χ1v) is 5.81. The summed E-state index contributed by atoms with van der Waals surface area (Å²) < 4.78 is 1.33. The normalized spacial score (nSPS) is 19.2. The van der Waals surface area contributed by atoms with Crippen LogP contribution in [0.4, 0.5) is 5.82 Å². The van der Waals surface area contributed by atoms with Gasteiger partial charge in [-0.1, -0.05) is 0 Å². The van der Waals surface area contributed by atoms with Crippen molar-refractivity contribution in [2.45, 2.75) is 12.5 Å². The Morgan fingerprint density at radius 2 is 2.28 bits per heavy atom. The van der Waals surface area contributed by atoms with E-state index in [4.69, 9.17) is 0 Å². The molecule has 1 aromatic heterocycles. The van der Waals surface area contributed by atoms with E-state index >= 15 is 0 Å². The minimum absolute atomic E-state index is 0.0669. The van der Waals surface area contributed by atoms with E-state index in [0.717, 1.165) is 6.42 Å². The first-order chi connectivity index (χ1) is 8.54. The van der Waals surface area contributed by atoms with Crippen molar-refractivity contribution in [2.75, 3.05) is 20.1 Å². The zero-order valence-electron chi connectivity index (χ0n) is 10.4. The minimum atomic E-state index is -0.489. The van der Waals surface area contributed by atoms with Crippen molar-refractivity contribution in [1.29, 1.82) is 0 Å². The molecule has 0 radical (unpaired) electrons. The lowest BCUT2D eigenvalue weighted by molar-refractivity contribution is -0.391. The highest BCUT2D eigenvalue weighted by Gasteiger charge is 2.30. The Balaban J connectivity index is 2.17. The highest BCUT2D eigenvalue weighted by molar-refractivity contribution is 5.93. The Morgan fingerprint density at radius 3 is 2.78 bits per heavy atom. The van der Waals surface area contributed by atoms with E-state index in [1.165, 1.54) is 23.7 Å². The Bertz CT molecular complexity index is 483. The molecular formula is C11H16N4O3. The van der Waals surface area contributed by atoms with Gasteiger partial charge in [0, 0.05) is 25.2 Å². The summed E-state index contributed by atoms with van der Waals surface area (Å²) in [6.07, 6.45) is 0.911. The number of carbonyl (C=O) groups excluding carboxylic acids is 1. The Morgan fingerprint density at radius 1 is 1.56 bits per heavy atom. The maximum Gasteiger partial charge on any atom is 0.323 e. The average Bonchev–Trinajstić information content (AvgIpc) is 2.94. The molecule has 1 aliphatic rings. The Kier molecular flexibility index (Phi) is 3.33. The van der Waals surface area contributed by atoms with Gasteiger partial charge in [-0.15, -0.1) is 0 Å². The fourth-order valence-corrected chi connectivity index (χ4v) is 2.24.